The quantitative estimate of drug-likeness (QED) is 0.298. The molecule has 1 aromatic carbocycles. The maximum atomic E-state index is 8.67. The van der Waals surface area contributed by atoms with Gasteiger partial charge in [0, 0.05) is 17.5 Å². The second-order valence-electron chi connectivity index (χ2n) is 4.21. The summed E-state index contributed by atoms with van der Waals surface area (Å²) < 4.78 is 0. The maximum Gasteiger partial charge on any atom is 0.170 e. The molecule has 6 heteroatoms. The van der Waals surface area contributed by atoms with E-state index in [1.165, 1.54) is 0 Å². The Kier molecular flexibility index (Phi) is 4.87. The zero-order chi connectivity index (χ0) is 14.5. The fourth-order valence-corrected chi connectivity index (χ4v) is 2.94. The molecule has 104 valence electrons. The number of amidine groups is 1. The lowest BCUT2D eigenvalue weighted by molar-refractivity contribution is 0.318. The van der Waals surface area contributed by atoms with Crippen molar-refractivity contribution in [1.29, 1.82) is 0 Å². The summed E-state index contributed by atoms with van der Waals surface area (Å²) in [5, 5.41) is 13.1. The van der Waals surface area contributed by atoms with E-state index in [2.05, 4.69) is 10.1 Å². The van der Waals surface area contributed by atoms with Crippen LogP contribution in [0, 0.1) is 6.92 Å². The van der Waals surface area contributed by atoms with Gasteiger partial charge in [-0.05, 0) is 36.2 Å². The molecule has 0 aliphatic rings. The topological polar surface area (TPSA) is 71.5 Å². The van der Waals surface area contributed by atoms with Gasteiger partial charge in [0.2, 0.25) is 0 Å². The fraction of sp³-hybridized carbons (Fsp3) is 0.143. The molecule has 3 N–H and O–H groups in total. The lowest BCUT2D eigenvalue weighted by Crippen LogP contribution is -2.13. The smallest absolute Gasteiger partial charge is 0.170 e. The van der Waals surface area contributed by atoms with Crippen LogP contribution in [0.3, 0.4) is 0 Å². The molecule has 0 fully saturated rings. The summed E-state index contributed by atoms with van der Waals surface area (Å²) in [6, 6.07) is 9.32. The summed E-state index contributed by atoms with van der Waals surface area (Å²) in [7, 11) is 0. The first-order chi connectivity index (χ1) is 9.61. The predicted octanol–water partition coefficient (Wildman–Crippen LogP) is 3.43. The van der Waals surface area contributed by atoms with Gasteiger partial charge in [-0.25, -0.2) is 4.98 Å². The molecule has 0 bridgehead atoms. The summed E-state index contributed by atoms with van der Waals surface area (Å²) in [5.74, 6) is 0.874. The molecule has 2 aromatic rings. The minimum absolute atomic E-state index is 0.111. The summed E-state index contributed by atoms with van der Waals surface area (Å²) in [6.45, 7) is 1.99. The average Bonchev–Trinajstić information content (AvgIpc) is 2.46. The third-order valence-electron chi connectivity index (χ3n) is 2.84. The molecule has 0 aliphatic carbocycles. The van der Waals surface area contributed by atoms with Gasteiger partial charge in [-0.3, -0.25) is 0 Å². The predicted molar refractivity (Wildman–Crippen MR) is 82.5 cm³/mol. The van der Waals surface area contributed by atoms with Crippen molar-refractivity contribution < 1.29 is 5.21 Å². The van der Waals surface area contributed by atoms with Crippen LogP contribution in [0.5, 0.6) is 0 Å². The number of rotatable bonds is 4. The summed E-state index contributed by atoms with van der Waals surface area (Å²) in [5.41, 5.74) is 8.50. The summed E-state index contributed by atoms with van der Waals surface area (Å²) in [4.78, 5) is 4.24. The van der Waals surface area contributed by atoms with Crippen molar-refractivity contribution in [1.82, 2.24) is 4.98 Å². The Hall–Kier alpha value is -1.72. The first kappa shape index (κ1) is 14.7. The number of pyridine rings is 1. The molecule has 0 aliphatic heterocycles. The number of aryl methyl sites for hydroxylation is 1. The second kappa shape index (κ2) is 6.63. The molecule has 0 amide bonds. The van der Waals surface area contributed by atoms with Crippen LogP contribution in [0.4, 0.5) is 0 Å². The first-order valence-electron chi connectivity index (χ1n) is 5.92. The van der Waals surface area contributed by atoms with Gasteiger partial charge in [0.25, 0.3) is 0 Å². The van der Waals surface area contributed by atoms with Gasteiger partial charge in [0.05, 0.1) is 5.02 Å². The fourth-order valence-electron chi connectivity index (χ4n) is 1.70. The number of halogens is 1. The SMILES string of the molecule is Cc1cc(/C(N)=N/O)ccc1CSc1ncccc1Cl. The highest BCUT2D eigenvalue weighted by atomic mass is 35.5. The zero-order valence-electron chi connectivity index (χ0n) is 10.9. The molecule has 0 spiro atoms. The van der Waals surface area contributed by atoms with Crippen LogP contribution in [-0.2, 0) is 5.75 Å². The van der Waals surface area contributed by atoms with Crippen molar-refractivity contribution in [3.8, 4) is 0 Å². The molecule has 4 nitrogen and oxygen atoms in total. The number of nitrogens with two attached hydrogens (primary N) is 1. The van der Waals surface area contributed by atoms with Crippen molar-refractivity contribution in [3.63, 3.8) is 0 Å². The normalized spacial score (nSPS) is 11.6. The number of nitrogens with zero attached hydrogens (tertiary/aromatic N) is 2. The van der Waals surface area contributed by atoms with Crippen molar-refractivity contribution in [2.24, 2.45) is 10.9 Å². The minimum atomic E-state index is 0.111. The van der Waals surface area contributed by atoms with Crippen LogP contribution in [-0.4, -0.2) is 16.0 Å². The van der Waals surface area contributed by atoms with Gasteiger partial charge in [-0.2, -0.15) is 0 Å². The Morgan fingerprint density at radius 1 is 1.45 bits per heavy atom. The molecule has 2 rings (SSSR count). The Balaban J connectivity index is 2.13. The van der Waals surface area contributed by atoms with Crippen LogP contribution in [0.1, 0.15) is 16.7 Å². The molecule has 0 atom stereocenters. The maximum absolute atomic E-state index is 8.67. The third kappa shape index (κ3) is 3.43. The largest absolute Gasteiger partial charge is 0.409 e. The monoisotopic (exact) mass is 307 g/mol. The Morgan fingerprint density at radius 2 is 2.25 bits per heavy atom. The van der Waals surface area contributed by atoms with Gasteiger partial charge < -0.3 is 10.9 Å². The van der Waals surface area contributed by atoms with E-state index in [0.717, 1.165) is 21.9 Å². The molecular formula is C14H14ClN3OS. The molecular weight excluding hydrogens is 294 g/mol. The van der Waals surface area contributed by atoms with Crippen LogP contribution >= 0.6 is 23.4 Å². The number of aromatic nitrogens is 1. The molecule has 20 heavy (non-hydrogen) atoms. The van der Waals surface area contributed by atoms with Crippen LogP contribution in [0.15, 0.2) is 46.7 Å². The lowest BCUT2D eigenvalue weighted by atomic mass is 10.1. The molecule has 0 saturated heterocycles. The van der Waals surface area contributed by atoms with E-state index in [9.17, 15) is 0 Å². The Morgan fingerprint density at radius 3 is 2.90 bits per heavy atom. The van der Waals surface area contributed by atoms with Gasteiger partial charge in [0.15, 0.2) is 5.84 Å². The molecule has 1 heterocycles. The van der Waals surface area contributed by atoms with E-state index in [0.29, 0.717) is 10.6 Å². The van der Waals surface area contributed by atoms with Crippen LogP contribution < -0.4 is 5.73 Å². The van der Waals surface area contributed by atoms with Crippen molar-refractivity contribution in [2.45, 2.75) is 17.7 Å². The zero-order valence-corrected chi connectivity index (χ0v) is 12.4. The third-order valence-corrected chi connectivity index (χ3v) is 4.31. The van der Waals surface area contributed by atoms with E-state index < -0.39 is 0 Å². The first-order valence-corrected chi connectivity index (χ1v) is 7.29. The van der Waals surface area contributed by atoms with E-state index in [1.54, 1.807) is 18.0 Å². The van der Waals surface area contributed by atoms with E-state index in [1.807, 2.05) is 37.3 Å². The average molecular weight is 308 g/mol. The molecule has 0 saturated carbocycles. The second-order valence-corrected chi connectivity index (χ2v) is 5.58. The molecule has 0 unspecified atom stereocenters. The number of hydrogen-bond acceptors (Lipinski definition) is 4. The Bertz CT molecular complexity index is 646. The van der Waals surface area contributed by atoms with Crippen molar-refractivity contribution in [3.05, 3.63) is 58.2 Å². The summed E-state index contributed by atoms with van der Waals surface area (Å²) >= 11 is 7.65. The number of hydrogen-bond donors (Lipinski definition) is 2. The Labute approximate surface area is 126 Å². The molecule has 0 radical (unpaired) electrons. The van der Waals surface area contributed by atoms with Gasteiger partial charge >= 0.3 is 0 Å². The highest BCUT2D eigenvalue weighted by Gasteiger charge is 2.06. The highest BCUT2D eigenvalue weighted by molar-refractivity contribution is 7.98. The van der Waals surface area contributed by atoms with Gasteiger partial charge in [-0.15, -0.1) is 11.8 Å². The van der Waals surface area contributed by atoms with Crippen LogP contribution in [0.2, 0.25) is 5.02 Å². The van der Waals surface area contributed by atoms with E-state index in [4.69, 9.17) is 22.5 Å². The molecule has 1 aromatic heterocycles. The summed E-state index contributed by atoms with van der Waals surface area (Å²) in [6.07, 6.45) is 1.72. The van der Waals surface area contributed by atoms with Crippen molar-refractivity contribution >= 4 is 29.2 Å². The van der Waals surface area contributed by atoms with E-state index in [-0.39, 0.29) is 5.84 Å². The van der Waals surface area contributed by atoms with E-state index >= 15 is 0 Å². The number of oxime groups is 1. The lowest BCUT2D eigenvalue weighted by Gasteiger charge is -2.08. The van der Waals surface area contributed by atoms with Crippen molar-refractivity contribution in [2.75, 3.05) is 0 Å². The minimum Gasteiger partial charge on any atom is -0.409 e. The number of benzene rings is 1. The van der Waals surface area contributed by atoms with Gasteiger partial charge in [-0.1, -0.05) is 28.9 Å². The van der Waals surface area contributed by atoms with Gasteiger partial charge in [0.1, 0.15) is 5.03 Å². The standard InChI is InChI=1S/C14H14ClN3OS/c1-9-7-10(13(16)18-19)4-5-11(9)8-20-14-12(15)3-2-6-17-14/h2-7,19H,8H2,1H3,(H2,16,18). The number of thioether (sulfide) groups is 1. The highest BCUT2D eigenvalue weighted by Crippen LogP contribution is 2.28. The van der Waals surface area contributed by atoms with Crippen LogP contribution in [0.25, 0.3) is 0 Å².